The molecule has 1 saturated carbocycles. The summed E-state index contributed by atoms with van der Waals surface area (Å²) in [5.74, 6) is 0.657. The summed E-state index contributed by atoms with van der Waals surface area (Å²) in [6.45, 7) is 0. The van der Waals surface area contributed by atoms with Crippen LogP contribution in [0.15, 0.2) is 23.3 Å². The third-order valence-corrected chi connectivity index (χ3v) is 6.24. The number of anilines is 1. The summed E-state index contributed by atoms with van der Waals surface area (Å²) in [5.41, 5.74) is 0.936. The summed E-state index contributed by atoms with van der Waals surface area (Å²) in [7, 11) is 0. The number of aromatic nitrogens is 2. The Balaban J connectivity index is 1.61. The fourth-order valence-corrected chi connectivity index (χ4v) is 4.60. The maximum absolute atomic E-state index is 10.2. The average molecular weight is 498 g/mol. The Morgan fingerprint density at radius 2 is 1.75 bits per heavy atom. The number of rotatable bonds is 4. The molecule has 2 aliphatic rings. The lowest BCUT2D eigenvalue weighted by Gasteiger charge is -2.32. The van der Waals surface area contributed by atoms with Crippen molar-refractivity contribution in [2.45, 2.75) is 50.6 Å². The fraction of sp³-hybridized carbons (Fsp3) is 0.400. The quantitative estimate of drug-likeness (QED) is 0.575. The first kappa shape index (κ1) is 23.0. The smallest absolute Gasteiger partial charge is 0.239 e. The number of benzene rings is 1. The predicted octanol–water partition coefficient (Wildman–Crippen LogP) is 4.16. The van der Waals surface area contributed by atoms with Gasteiger partial charge in [0.1, 0.15) is 6.07 Å². The summed E-state index contributed by atoms with van der Waals surface area (Å²) in [5, 5.41) is 45.0. The number of aliphatic hydroxyl groups excluding tert-OH is 2. The second-order valence-corrected chi connectivity index (χ2v) is 8.66. The molecule has 3 N–H and O–H groups in total. The van der Waals surface area contributed by atoms with Crippen molar-refractivity contribution < 1.29 is 14.9 Å². The van der Waals surface area contributed by atoms with Gasteiger partial charge >= 0.3 is 0 Å². The minimum absolute atomic E-state index is 0.121. The molecule has 1 aromatic heterocycles. The van der Waals surface area contributed by atoms with Crippen molar-refractivity contribution in [3.8, 4) is 17.7 Å². The Bertz CT molecular complexity index is 1060. The lowest BCUT2D eigenvalue weighted by Crippen LogP contribution is -2.55. The van der Waals surface area contributed by atoms with E-state index in [9.17, 15) is 10.2 Å². The molecule has 0 saturated heterocycles. The molecule has 2 atom stereocenters. The fourth-order valence-electron chi connectivity index (χ4n) is 3.80. The number of nitrogens with one attached hydrogen (secondary N) is 1. The van der Waals surface area contributed by atoms with Crippen LogP contribution in [0, 0.1) is 11.3 Å². The van der Waals surface area contributed by atoms with Crippen molar-refractivity contribution in [1.29, 1.82) is 5.26 Å². The van der Waals surface area contributed by atoms with Crippen LogP contribution >= 0.6 is 34.8 Å². The molecule has 1 fully saturated rings. The summed E-state index contributed by atoms with van der Waals surface area (Å²) in [6, 6.07) is 6.42. The summed E-state index contributed by atoms with van der Waals surface area (Å²) >= 11 is 19.1. The first-order chi connectivity index (χ1) is 15.4. The molecule has 12 heteroatoms. The number of nitriles is 1. The number of ether oxygens (including phenoxy) is 1. The number of hydrogen-bond acceptors (Lipinski definition) is 9. The molecule has 9 nitrogen and oxygen atoms in total. The van der Waals surface area contributed by atoms with Crippen LogP contribution in [0.3, 0.4) is 0 Å². The van der Waals surface area contributed by atoms with Gasteiger partial charge in [-0.15, -0.1) is 10.2 Å². The minimum atomic E-state index is -1.40. The molecule has 1 aliphatic carbocycles. The molecular formula is C20H19Cl3N6O3. The van der Waals surface area contributed by atoms with Gasteiger partial charge in [0, 0.05) is 6.07 Å². The van der Waals surface area contributed by atoms with Crippen molar-refractivity contribution in [2.24, 2.45) is 5.10 Å². The van der Waals surface area contributed by atoms with E-state index in [1.165, 1.54) is 18.6 Å². The lowest BCUT2D eigenvalue weighted by atomic mass is 9.85. The maximum Gasteiger partial charge on any atom is 0.239 e. The van der Waals surface area contributed by atoms with Crippen LogP contribution < -0.4 is 15.1 Å². The van der Waals surface area contributed by atoms with Crippen molar-refractivity contribution in [2.75, 3.05) is 5.01 Å². The van der Waals surface area contributed by atoms with E-state index in [-0.39, 0.29) is 33.1 Å². The SMILES string of the molecule is N#CC1=NN(c2cc(Cl)c(Oc3cc(C4CCCCC4)c(Cl)nn3)c(Cl)c2)C(O)NC1O. The van der Waals surface area contributed by atoms with Gasteiger partial charge in [-0.1, -0.05) is 54.1 Å². The molecule has 32 heavy (non-hydrogen) atoms. The van der Waals surface area contributed by atoms with Gasteiger partial charge in [0.05, 0.1) is 15.7 Å². The Morgan fingerprint density at radius 3 is 2.41 bits per heavy atom. The van der Waals surface area contributed by atoms with E-state index in [1.54, 1.807) is 12.1 Å². The van der Waals surface area contributed by atoms with Gasteiger partial charge in [-0.2, -0.15) is 10.4 Å². The van der Waals surface area contributed by atoms with Gasteiger partial charge < -0.3 is 14.9 Å². The summed E-state index contributed by atoms with van der Waals surface area (Å²) in [4.78, 5) is 0. The van der Waals surface area contributed by atoms with E-state index >= 15 is 0 Å². The Morgan fingerprint density at radius 1 is 1.06 bits per heavy atom. The molecule has 2 aromatic rings. The third kappa shape index (κ3) is 4.76. The number of nitrogens with zero attached hydrogens (tertiary/aromatic N) is 5. The maximum atomic E-state index is 10.2. The minimum Gasteiger partial charge on any atom is -0.434 e. The number of halogens is 3. The zero-order valence-corrected chi connectivity index (χ0v) is 18.9. The lowest BCUT2D eigenvalue weighted by molar-refractivity contribution is 0.0631. The molecule has 1 aliphatic heterocycles. The molecule has 0 spiro atoms. The van der Waals surface area contributed by atoms with E-state index in [2.05, 4.69) is 20.6 Å². The van der Waals surface area contributed by atoms with Crippen LogP contribution in [0.25, 0.3) is 0 Å². The average Bonchev–Trinajstić information content (AvgIpc) is 2.78. The predicted molar refractivity (Wildman–Crippen MR) is 120 cm³/mol. The zero-order chi connectivity index (χ0) is 22.8. The molecule has 2 heterocycles. The molecule has 168 valence electrons. The largest absolute Gasteiger partial charge is 0.434 e. The van der Waals surface area contributed by atoms with E-state index in [0.717, 1.165) is 36.3 Å². The van der Waals surface area contributed by atoms with Crippen LogP contribution in [0.2, 0.25) is 15.2 Å². The van der Waals surface area contributed by atoms with Gasteiger partial charge in [0.2, 0.25) is 12.2 Å². The van der Waals surface area contributed by atoms with Crippen LogP contribution in [0.5, 0.6) is 11.6 Å². The van der Waals surface area contributed by atoms with Gasteiger partial charge in [-0.3, -0.25) is 0 Å². The molecule has 0 bridgehead atoms. The highest BCUT2D eigenvalue weighted by molar-refractivity contribution is 6.37. The molecule has 0 amide bonds. The Labute approximate surface area is 199 Å². The molecule has 2 unspecified atom stereocenters. The highest BCUT2D eigenvalue weighted by Crippen LogP contribution is 2.41. The van der Waals surface area contributed by atoms with Gasteiger partial charge in [-0.25, -0.2) is 10.3 Å². The molecule has 1 aromatic carbocycles. The standard InChI is InChI=1S/C20H19Cl3N6O3/c21-13-6-11(29-20(31)25-19(30)15(9-24)28-29)7-14(22)17(13)32-16-8-12(18(23)27-26-16)10-4-2-1-3-5-10/h6-8,10,19-20,25,30-31H,1-5H2. The van der Waals surface area contributed by atoms with Gasteiger partial charge in [0.25, 0.3) is 0 Å². The highest BCUT2D eigenvalue weighted by atomic mass is 35.5. The first-order valence-corrected chi connectivity index (χ1v) is 11.1. The van der Waals surface area contributed by atoms with Crippen molar-refractivity contribution in [3.63, 3.8) is 0 Å². The molecular weight excluding hydrogens is 479 g/mol. The number of hydrogen-bond donors (Lipinski definition) is 3. The Hall–Kier alpha value is -2.19. The van der Waals surface area contributed by atoms with E-state index in [4.69, 9.17) is 44.8 Å². The van der Waals surface area contributed by atoms with Crippen molar-refractivity contribution in [1.82, 2.24) is 15.5 Å². The van der Waals surface area contributed by atoms with E-state index in [1.807, 2.05) is 0 Å². The van der Waals surface area contributed by atoms with Crippen LogP contribution in [0.4, 0.5) is 5.69 Å². The van der Waals surface area contributed by atoms with Gasteiger partial charge in [0.15, 0.2) is 22.8 Å². The van der Waals surface area contributed by atoms with Crippen LogP contribution in [0.1, 0.15) is 43.6 Å². The third-order valence-electron chi connectivity index (χ3n) is 5.38. The second kappa shape index (κ2) is 9.75. The second-order valence-electron chi connectivity index (χ2n) is 7.49. The normalized spacial score (nSPS) is 21.8. The zero-order valence-electron chi connectivity index (χ0n) is 16.7. The van der Waals surface area contributed by atoms with Crippen LogP contribution in [-0.4, -0.2) is 38.7 Å². The topological polar surface area (TPSA) is 127 Å². The summed E-state index contributed by atoms with van der Waals surface area (Å²) in [6.07, 6.45) is 2.78. The highest BCUT2D eigenvalue weighted by Gasteiger charge is 2.29. The number of aliphatic hydroxyl groups is 2. The van der Waals surface area contributed by atoms with E-state index < -0.39 is 12.6 Å². The molecule has 4 rings (SSSR count). The first-order valence-electron chi connectivity index (χ1n) is 9.97. The van der Waals surface area contributed by atoms with Crippen molar-refractivity contribution >= 4 is 46.2 Å². The number of hydrazone groups is 1. The molecule has 0 radical (unpaired) electrons. The summed E-state index contributed by atoms with van der Waals surface area (Å²) < 4.78 is 5.83. The Kier molecular flexibility index (Phi) is 7.00. The monoisotopic (exact) mass is 496 g/mol. The van der Waals surface area contributed by atoms with Crippen LogP contribution in [-0.2, 0) is 0 Å². The van der Waals surface area contributed by atoms with E-state index in [0.29, 0.717) is 11.1 Å². The van der Waals surface area contributed by atoms with Crippen molar-refractivity contribution in [3.05, 3.63) is 39.0 Å². The van der Waals surface area contributed by atoms with Gasteiger partial charge in [-0.05, 0) is 36.5 Å².